The Balaban J connectivity index is 3.12. The number of nitrogens with zero attached hydrogens (tertiary/aromatic N) is 1. The lowest BCUT2D eigenvalue weighted by Gasteiger charge is -2.31. The third-order valence-electron chi connectivity index (χ3n) is 4.30. The highest BCUT2D eigenvalue weighted by Gasteiger charge is 2.31. The van der Waals surface area contributed by atoms with Gasteiger partial charge in [0.15, 0.2) is 0 Å². The standard InChI is InChI=1S/C23H35N3O5/c1-6-8-12-24-21(29)20(18-11-9-10-17(7-2)15-18)26(13-14-27)19(28)16-25-22(30)31-23(3,4)5/h7,9-11,15,20,27H,2,6,8,12-14,16H2,1,3-5H3,(H,24,29)(H,25,30). The molecule has 172 valence electrons. The summed E-state index contributed by atoms with van der Waals surface area (Å²) in [6.45, 7) is 10.6. The molecule has 0 aliphatic heterocycles. The summed E-state index contributed by atoms with van der Waals surface area (Å²) >= 11 is 0. The first-order chi connectivity index (χ1) is 14.6. The van der Waals surface area contributed by atoms with Crippen molar-refractivity contribution in [1.82, 2.24) is 15.5 Å². The Morgan fingerprint density at radius 3 is 2.55 bits per heavy atom. The van der Waals surface area contributed by atoms with Gasteiger partial charge in [0, 0.05) is 13.1 Å². The molecule has 0 spiro atoms. The summed E-state index contributed by atoms with van der Waals surface area (Å²) in [4.78, 5) is 39.2. The van der Waals surface area contributed by atoms with Gasteiger partial charge in [-0.3, -0.25) is 9.59 Å². The normalized spacial score (nSPS) is 11.9. The lowest BCUT2D eigenvalue weighted by Crippen LogP contribution is -2.48. The Morgan fingerprint density at radius 2 is 1.97 bits per heavy atom. The van der Waals surface area contributed by atoms with Crippen LogP contribution < -0.4 is 10.6 Å². The molecular formula is C23H35N3O5. The van der Waals surface area contributed by atoms with Gasteiger partial charge < -0.3 is 25.4 Å². The molecule has 1 aromatic carbocycles. The molecule has 1 rings (SSSR count). The Hall–Kier alpha value is -2.87. The fourth-order valence-corrected chi connectivity index (χ4v) is 2.88. The molecule has 0 aliphatic rings. The fraction of sp³-hybridized carbons (Fsp3) is 0.522. The van der Waals surface area contributed by atoms with Gasteiger partial charge in [-0.15, -0.1) is 0 Å². The van der Waals surface area contributed by atoms with Crippen molar-refractivity contribution in [3.8, 4) is 0 Å². The van der Waals surface area contributed by atoms with E-state index >= 15 is 0 Å². The number of unbranched alkanes of at least 4 members (excludes halogenated alkanes) is 1. The topological polar surface area (TPSA) is 108 Å². The van der Waals surface area contributed by atoms with Crippen LogP contribution in [0.1, 0.15) is 57.7 Å². The molecule has 3 amide bonds. The van der Waals surface area contributed by atoms with E-state index in [1.54, 1.807) is 45.0 Å². The third-order valence-corrected chi connectivity index (χ3v) is 4.30. The number of nitrogens with one attached hydrogen (secondary N) is 2. The van der Waals surface area contributed by atoms with Crippen LogP contribution in [-0.2, 0) is 14.3 Å². The molecule has 0 heterocycles. The van der Waals surface area contributed by atoms with Crippen LogP contribution in [0.15, 0.2) is 30.8 Å². The van der Waals surface area contributed by atoms with Crippen LogP contribution in [-0.4, -0.2) is 59.8 Å². The summed E-state index contributed by atoms with van der Waals surface area (Å²) in [5.41, 5.74) is 0.683. The Morgan fingerprint density at radius 1 is 1.26 bits per heavy atom. The number of benzene rings is 1. The number of hydrogen-bond acceptors (Lipinski definition) is 5. The molecule has 8 heteroatoms. The quantitative estimate of drug-likeness (QED) is 0.465. The molecule has 0 radical (unpaired) electrons. The molecule has 0 aliphatic carbocycles. The van der Waals surface area contributed by atoms with E-state index < -0.39 is 23.6 Å². The lowest BCUT2D eigenvalue weighted by molar-refractivity contribution is -0.140. The molecular weight excluding hydrogens is 398 g/mol. The summed E-state index contributed by atoms with van der Waals surface area (Å²) in [6.07, 6.45) is 2.63. The van der Waals surface area contributed by atoms with Crippen molar-refractivity contribution in [3.05, 3.63) is 42.0 Å². The Labute approximate surface area is 184 Å². The second-order valence-corrected chi connectivity index (χ2v) is 8.09. The van der Waals surface area contributed by atoms with Crippen molar-refractivity contribution >= 4 is 24.0 Å². The molecule has 1 unspecified atom stereocenters. The van der Waals surface area contributed by atoms with E-state index in [-0.39, 0.29) is 25.6 Å². The van der Waals surface area contributed by atoms with Crippen LogP contribution in [0.2, 0.25) is 0 Å². The van der Waals surface area contributed by atoms with Gasteiger partial charge >= 0.3 is 6.09 Å². The largest absolute Gasteiger partial charge is 0.444 e. The van der Waals surface area contributed by atoms with Gasteiger partial charge in [-0.25, -0.2) is 4.79 Å². The number of aliphatic hydroxyl groups excluding tert-OH is 1. The van der Waals surface area contributed by atoms with Crippen molar-refractivity contribution < 1.29 is 24.2 Å². The first-order valence-corrected chi connectivity index (χ1v) is 10.5. The van der Waals surface area contributed by atoms with Gasteiger partial charge in [0.2, 0.25) is 11.8 Å². The predicted molar refractivity (Wildman–Crippen MR) is 120 cm³/mol. The summed E-state index contributed by atoms with van der Waals surface area (Å²) in [5, 5.41) is 14.8. The number of hydrogen-bond donors (Lipinski definition) is 3. The maximum absolute atomic E-state index is 13.0. The highest BCUT2D eigenvalue weighted by Crippen LogP contribution is 2.23. The molecule has 8 nitrogen and oxygen atoms in total. The minimum absolute atomic E-state index is 0.0704. The first-order valence-electron chi connectivity index (χ1n) is 10.5. The van der Waals surface area contributed by atoms with E-state index in [2.05, 4.69) is 17.2 Å². The Bertz CT molecular complexity index is 758. The van der Waals surface area contributed by atoms with Crippen molar-refractivity contribution in [3.63, 3.8) is 0 Å². The molecule has 1 atom stereocenters. The molecule has 3 N–H and O–H groups in total. The molecule has 0 fully saturated rings. The smallest absolute Gasteiger partial charge is 0.408 e. The SMILES string of the molecule is C=Cc1cccc(C(C(=O)NCCCC)N(CCO)C(=O)CNC(=O)OC(C)(C)C)c1. The molecule has 0 saturated carbocycles. The molecule has 31 heavy (non-hydrogen) atoms. The maximum atomic E-state index is 13.0. The number of ether oxygens (including phenoxy) is 1. The van der Waals surface area contributed by atoms with Crippen LogP contribution in [0.3, 0.4) is 0 Å². The zero-order valence-corrected chi connectivity index (χ0v) is 18.9. The number of rotatable bonds is 11. The fourth-order valence-electron chi connectivity index (χ4n) is 2.88. The second-order valence-electron chi connectivity index (χ2n) is 8.09. The monoisotopic (exact) mass is 433 g/mol. The molecule has 1 aromatic rings. The van der Waals surface area contributed by atoms with E-state index in [1.807, 2.05) is 13.0 Å². The van der Waals surface area contributed by atoms with Crippen LogP contribution >= 0.6 is 0 Å². The summed E-state index contributed by atoms with van der Waals surface area (Å²) in [7, 11) is 0. The lowest BCUT2D eigenvalue weighted by atomic mass is 10.0. The van der Waals surface area contributed by atoms with Gasteiger partial charge in [-0.1, -0.05) is 44.2 Å². The van der Waals surface area contributed by atoms with Crippen molar-refractivity contribution in [2.24, 2.45) is 0 Å². The highest BCUT2D eigenvalue weighted by atomic mass is 16.6. The molecule has 0 saturated heterocycles. The van der Waals surface area contributed by atoms with Gasteiger partial charge in [-0.05, 0) is 44.4 Å². The van der Waals surface area contributed by atoms with Crippen LogP contribution in [0.5, 0.6) is 0 Å². The molecule has 0 bridgehead atoms. The summed E-state index contributed by atoms with van der Waals surface area (Å²) < 4.78 is 5.16. The number of aliphatic hydroxyl groups is 1. The minimum atomic E-state index is -0.961. The zero-order chi connectivity index (χ0) is 23.4. The van der Waals surface area contributed by atoms with Gasteiger partial charge in [0.05, 0.1) is 6.61 Å². The summed E-state index contributed by atoms with van der Waals surface area (Å²) in [5.74, 6) is -0.867. The first kappa shape index (κ1) is 26.2. The van der Waals surface area contributed by atoms with Gasteiger partial charge in [0.25, 0.3) is 0 Å². The van der Waals surface area contributed by atoms with E-state index in [0.29, 0.717) is 12.1 Å². The van der Waals surface area contributed by atoms with Crippen LogP contribution in [0.4, 0.5) is 4.79 Å². The van der Waals surface area contributed by atoms with Gasteiger partial charge in [-0.2, -0.15) is 0 Å². The Kier molecular flexibility index (Phi) is 10.8. The predicted octanol–water partition coefficient (Wildman–Crippen LogP) is 2.63. The second kappa shape index (κ2) is 12.7. The van der Waals surface area contributed by atoms with E-state index in [1.165, 1.54) is 4.90 Å². The minimum Gasteiger partial charge on any atom is -0.444 e. The number of alkyl carbamates (subject to hydrolysis) is 1. The van der Waals surface area contributed by atoms with Gasteiger partial charge in [0.1, 0.15) is 18.2 Å². The molecule has 0 aromatic heterocycles. The number of carbonyl (C=O) groups is 3. The van der Waals surface area contributed by atoms with E-state index in [9.17, 15) is 19.5 Å². The zero-order valence-electron chi connectivity index (χ0n) is 18.9. The van der Waals surface area contributed by atoms with Crippen LogP contribution in [0.25, 0.3) is 6.08 Å². The van der Waals surface area contributed by atoms with Crippen molar-refractivity contribution in [2.75, 3.05) is 26.2 Å². The third kappa shape index (κ3) is 9.21. The van der Waals surface area contributed by atoms with Crippen LogP contribution in [0, 0.1) is 0 Å². The highest BCUT2D eigenvalue weighted by molar-refractivity contribution is 5.90. The number of carbonyl (C=O) groups excluding carboxylic acids is 3. The average Bonchev–Trinajstić information content (AvgIpc) is 2.70. The average molecular weight is 434 g/mol. The van der Waals surface area contributed by atoms with E-state index in [4.69, 9.17) is 4.74 Å². The summed E-state index contributed by atoms with van der Waals surface area (Å²) in [6, 6.07) is 6.17. The number of amides is 3. The van der Waals surface area contributed by atoms with Crippen molar-refractivity contribution in [1.29, 1.82) is 0 Å². The maximum Gasteiger partial charge on any atom is 0.408 e. The van der Waals surface area contributed by atoms with Crippen molar-refractivity contribution in [2.45, 2.75) is 52.2 Å². The van der Waals surface area contributed by atoms with E-state index in [0.717, 1.165) is 18.4 Å².